The highest BCUT2D eigenvalue weighted by Crippen LogP contribution is 2.08. The molecule has 0 aromatic rings. The molecule has 0 heterocycles. The molecule has 0 fully saturated rings. The van der Waals surface area contributed by atoms with Gasteiger partial charge in [-0.2, -0.15) is 0 Å². The molecule has 0 radical (unpaired) electrons. The van der Waals surface area contributed by atoms with E-state index in [1.54, 1.807) is 0 Å². The third-order valence-corrected chi connectivity index (χ3v) is 2.63. The van der Waals surface area contributed by atoms with Gasteiger partial charge in [-0.3, -0.25) is 9.69 Å². The second-order valence-corrected chi connectivity index (χ2v) is 4.92. The molecule has 1 atom stereocenters. The van der Waals surface area contributed by atoms with Gasteiger partial charge in [-0.15, -0.1) is 0 Å². The Labute approximate surface area is 104 Å². The van der Waals surface area contributed by atoms with Crippen LogP contribution in [0.3, 0.4) is 0 Å². The van der Waals surface area contributed by atoms with Crippen LogP contribution in [0.4, 0.5) is 0 Å². The van der Waals surface area contributed by atoms with E-state index in [1.165, 1.54) is 0 Å². The molecule has 17 heavy (non-hydrogen) atoms. The summed E-state index contributed by atoms with van der Waals surface area (Å²) in [6.07, 6.45) is 0. The van der Waals surface area contributed by atoms with Crippen LogP contribution in [0.2, 0.25) is 0 Å². The summed E-state index contributed by atoms with van der Waals surface area (Å²) < 4.78 is 5.45. The zero-order chi connectivity index (χ0) is 13.4. The molecule has 5 heteroatoms. The maximum Gasteiger partial charge on any atom is 0.321 e. The Morgan fingerprint density at radius 1 is 1.18 bits per heavy atom. The van der Waals surface area contributed by atoms with Gasteiger partial charge in [-0.1, -0.05) is 13.8 Å². The average Bonchev–Trinajstić information content (AvgIpc) is 2.15. The summed E-state index contributed by atoms with van der Waals surface area (Å²) >= 11 is 0. The van der Waals surface area contributed by atoms with Gasteiger partial charge in [0, 0.05) is 13.1 Å². The van der Waals surface area contributed by atoms with E-state index in [-0.39, 0.29) is 5.92 Å². The summed E-state index contributed by atoms with van der Waals surface area (Å²) in [4.78, 5) is 15.0. The molecule has 102 valence electrons. The quantitative estimate of drug-likeness (QED) is 0.604. The molecule has 0 spiro atoms. The Kier molecular flexibility index (Phi) is 8.12. The first-order valence-corrected chi connectivity index (χ1v) is 6.01. The van der Waals surface area contributed by atoms with Crippen molar-refractivity contribution in [3.8, 4) is 0 Å². The van der Waals surface area contributed by atoms with Gasteiger partial charge in [-0.05, 0) is 27.1 Å². The molecule has 0 aliphatic rings. The number of aliphatic carboxylic acids is 1. The summed E-state index contributed by atoms with van der Waals surface area (Å²) in [5, 5.41) is 9.10. The zero-order valence-electron chi connectivity index (χ0n) is 11.6. The lowest BCUT2D eigenvalue weighted by atomic mass is 10.0. The predicted octanol–water partition coefficient (Wildman–Crippen LogP) is 0.606. The summed E-state index contributed by atoms with van der Waals surface area (Å²) in [6, 6.07) is -0.438. The number of ether oxygens (including phenoxy) is 1. The van der Waals surface area contributed by atoms with Gasteiger partial charge >= 0.3 is 5.97 Å². The van der Waals surface area contributed by atoms with E-state index in [9.17, 15) is 4.79 Å². The maximum atomic E-state index is 11.1. The number of hydrogen-bond acceptors (Lipinski definition) is 4. The van der Waals surface area contributed by atoms with Crippen LogP contribution in [0.25, 0.3) is 0 Å². The maximum absolute atomic E-state index is 11.1. The summed E-state index contributed by atoms with van der Waals surface area (Å²) in [7, 11) is 5.82. The van der Waals surface area contributed by atoms with Crippen LogP contribution in [-0.4, -0.2) is 74.4 Å². The molecule has 0 aromatic heterocycles. The normalized spacial score (nSPS) is 13.6. The van der Waals surface area contributed by atoms with E-state index < -0.39 is 12.0 Å². The number of carboxylic acid groups (broad SMARTS) is 1. The van der Waals surface area contributed by atoms with E-state index in [0.29, 0.717) is 19.8 Å². The third-order valence-electron chi connectivity index (χ3n) is 2.63. The van der Waals surface area contributed by atoms with Crippen molar-refractivity contribution in [3.63, 3.8) is 0 Å². The molecule has 0 amide bonds. The Balaban J connectivity index is 3.83. The third kappa shape index (κ3) is 7.31. The molecule has 5 nitrogen and oxygen atoms in total. The molecular formula is C12H26N2O3. The second kappa shape index (κ2) is 8.44. The highest BCUT2D eigenvalue weighted by Gasteiger charge is 2.25. The number of hydrogen-bond donors (Lipinski definition) is 1. The van der Waals surface area contributed by atoms with Gasteiger partial charge in [0.2, 0.25) is 0 Å². The van der Waals surface area contributed by atoms with Crippen LogP contribution in [0.1, 0.15) is 13.8 Å². The first kappa shape index (κ1) is 16.4. The van der Waals surface area contributed by atoms with Gasteiger partial charge in [0.15, 0.2) is 0 Å². The summed E-state index contributed by atoms with van der Waals surface area (Å²) in [6.45, 7) is 6.62. The van der Waals surface area contributed by atoms with Crippen LogP contribution < -0.4 is 0 Å². The minimum atomic E-state index is -0.768. The van der Waals surface area contributed by atoms with E-state index >= 15 is 0 Å². The van der Waals surface area contributed by atoms with Crippen molar-refractivity contribution in [3.05, 3.63) is 0 Å². The topological polar surface area (TPSA) is 53.0 Å². The largest absolute Gasteiger partial charge is 0.480 e. The minimum absolute atomic E-state index is 0.0966. The van der Waals surface area contributed by atoms with Crippen molar-refractivity contribution in [2.45, 2.75) is 19.9 Å². The van der Waals surface area contributed by atoms with Crippen molar-refractivity contribution in [2.75, 3.05) is 47.4 Å². The molecular weight excluding hydrogens is 220 g/mol. The summed E-state index contributed by atoms with van der Waals surface area (Å²) in [5.41, 5.74) is 0. The Morgan fingerprint density at radius 2 is 1.71 bits per heavy atom. The number of carbonyl (C=O) groups is 1. The van der Waals surface area contributed by atoms with Crippen LogP contribution in [0.5, 0.6) is 0 Å². The molecule has 0 saturated heterocycles. The number of rotatable bonds is 9. The number of nitrogens with zero attached hydrogens (tertiary/aromatic N) is 2. The lowest BCUT2D eigenvalue weighted by Crippen LogP contribution is -2.43. The average molecular weight is 246 g/mol. The fraction of sp³-hybridized carbons (Fsp3) is 0.917. The first-order chi connectivity index (χ1) is 7.86. The first-order valence-electron chi connectivity index (χ1n) is 6.01. The van der Waals surface area contributed by atoms with Gasteiger partial charge < -0.3 is 14.7 Å². The van der Waals surface area contributed by atoms with Gasteiger partial charge in [-0.25, -0.2) is 0 Å². The van der Waals surface area contributed by atoms with Crippen LogP contribution in [0.15, 0.2) is 0 Å². The van der Waals surface area contributed by atoms with Crippen molar-refractivity contribution < 1.29 is 14.6 Å². The molecule has 0 unspecified atom stereocenters. The van der Waals surface area contributed by atoms with E-state index in [0.717, 1.165) is 6.54 Å². The SMILES string of the molecule is CC(C)[C@@H](C(=O)O)N(C)CCOCCN(C)C. The van der Waals surface area contributed by atoms with Gasteiger partial charge in [0.25, 0.3) is 0 Å². The van der Waals surface area contributed by atoms with Crippen LogP contribution >= 0.6 is 0 Å². The van der Waals surface area contributed by atoms with Crippen molar-refractivity contribution in [2.24, 2.45) is 5.92 Å². The molecule has 0 aromatic carbocycles. The molecule has 1 N–H and O–H groups in total. The fourth-order valence-electron chi connectivity index (χ4n) is 1.68. The molecule has 0 aliphatic carbocycles. The highest BCUT2D eigenvalue weighted by molar-refractivity contribution is 5.73. The van der Waals surface area contributed by atoms with E-state index in [2.05, 4.69) is 4.90 Å². The number of carboxylic acids is 1. The lowest BCUT2D eigenvalue weighted by molar-refractivity contribution is -0.144. The monoisotopic (exact) mass is 246 g/mol. The fourth-order valence-corrected chi connectivity index (χ4v) is 1.68. The Hall–Kier alpha value is -0.650. The highest BCUT2D eigenvalue weighted by atomic mass is 16.5. The standard InChI is InChI=1S/C12H26N2O3/c1-10(2)11(12(15)16)14(5)7-9-17-8-6-13(3)4/h10-11H,6-9H2,1-5H3,(H,15,16)/t11-/m0/s1. The zero-order valence-corrected chi connectivity index (χ0v) is 11.6. The van der Waals surface area contributed by atoms with Gasteiger partial charge in [0.1, 0.15) is 6.04 Å². The molecule has 0 bridgehead atoms. The predicted molar refractivity (Wildman–Crippen MR) is 68.3 cm³/mol. The number of likely N-dealkylation sites (N-methyl/N-ethyl adjacent to an activating group) is 2. The Bertz CT molecular complexity index is 220. The van der Waals surface area contributed by atoms with Gasteiger partial charge in [0.05, 0.1) is 13.2 Å². The lowest BCUT2D eigenvalue weighted by Gasteiger charge is -2.27. The Morgan fingerprint density at radius 3 is 2.12 bits per heavy atom. The second-order valence-electron chi connectivity index (χ2n) is 4.92. The summed E-state index contributed by atoms with van der Waals surface area (Å²) in [5.74, 6) is -0.671. The molecule has 0 aliphatic heterocycles. The van der Waals surface area contributed by atoms with E-state index in [4.69, 9.17) is 9.84 Å². The van der Waals surface area contributed by atoms with Crippen molar-refractivity contribution in [1.82, 2.24) is 9.80 Å². The van der Waals surface area contributed by atoms with Crippen LogP contribution in [-0.2, 0) is 9.53 Å². The minimum Gasteiger partial charge on any atom is -0.480 e. The van der Waals surface area contributed by atoms with Crippen molar-refractivity contribution in [1.29, 1.82) is 0 Å². The molecule has 0 saturated carbocycles. The molecule has 0 rings (SSSR count). The smallest absolute Gasteiger partial charge is 0.321 e. The van der Waals surface area contributed by atoms with E-state index in [1.807, 2.05) is 39.9 Å². The van der Waals surface area contributed by atoms with Crippen molar-refractivity contribution >= 4 is 5.97 Å². The van der Waals surface area contributed by atoms with Crippen LogP contribution in [0, 0.1) is 5.92 Å².